The lowest BCUT2D eigenvalue weighted by Crippen LogP contribution is -2.47. The molecule has 1 aromatic heterocycles. The average Bonchev–Trinajstić information content (AvgIpc) is 3.16. The number of likely N-dealkylation sites (tertiary alicyclic amines) is 1. The fraction of sp³-hybridized carbons (Fsp3) is 0.522. The van der Waals surface area contributed by atoms with Gasteiger partial charge in [-0.2, -0.15) is 0 Å². The molecule has 2 heterocycles. The molecule has 2 amide bonds. The Bertz CT molecular complexity index is 918. The summed E-state index contributed by atoms with van der Waals surface area (Å²) in [5, 5.41) is 3.15. The minimum absolute atomic E-state index is 0.118. The van der Waals surface area contributed by atoms with Crippen LogP contribution in [0.5, 0.6) is 5.75 Å². The molecule has 1 fully saturated rings. The van der Waals surface area contributed by atoms with E-state index in [0.717, 1.165) is 12.0 Å². The standard InChI is InChI=1S/C23H32N4O4/c1-23(2,3)31-22(29)27-13-8-9-16(15-27)21(28)25-19(20-24-12-14-26(20)4)17-10-6-7-11-18(17)30-5/h6-7,10-12,14,16,19H,8-9,13,15H2,1-5H3,(H,25,28)/t16-,19-/m0/s1. The van der Waals surface area contributed by atoms with E-state index in [4.69, 9.17) is 9.47 Å². The van der Waals surface area contributed by atoms with Crippen LogP contribution in [0.15, 0.2) is 36.7 Å². The molecule has 0 saturated carbocycles. The Balaban J connectivity index is 1.79. The van der Waals surface area contributed by atoms with Crippen molar-refractivity contribution in [3.05, 3.63) is 48.0 Å². The molecule has 1 aromatic carbocycles. The summed E-state index contributed by atoms with van der Waals surface area (Å²) in [5.41, 5.74) is 0.256. The molecule has 1 aliphatic rings. The quantitative estimate of drug-likeness (QED) is 0.790. The van der Waals surface area contributed by atoms with E-state index in [9.17, 15) is 9.59 Å². The number of hydrogen-bond acceptors (Lipinski definition) is 5. The molecule has 0 aliphatic carbocycles. The second-order valence-corrected chi connectivity index (χ2v) is 8.85. The number of aryl methyl sites for hydroxylation is 1. The summed E-state index contributed by atoms with van der Waals surface area (Å²) in [5.74, 6) is 0.943. The third-order valence-corrected chi connectivity index (χ3v) is 5.30. The van der Waals surface area contributed by atoms with Crippen molar-refractivity contribution in [1.29, 1.82) is 0 Å². The Hall–Kier alpha value is -3.03. The predicted molar refractivity (Wildman–Crippen MR) is 117 cm³/mol. The number of hydrogen-bond donors (Lipinski definition) is 1. The van der Waals surface area contributed by atoms with Crippen molar-refractivity contribution < 1.29 is 19.1 Å². The van der Waals surface area contributed by atoms with Crippen molar-refractivity contribution in [3.63, 3.8) is 0 Å². The van der Waals surface area contributed by atoms with Crippen molar-refractivity contribution in [1.82, 2.24) is 19.8 Å². The van der Waals surface area contributed by atoms with Crippen molar-refractivity contribution in [2.45, 2.75) is 45.3 Å². The molecule has 0 spiro atoms. The van der Waals surface area contributed by atoms with Crippen LogP contribution in [0.3, 0.4) is 0 Å². The van der Waals surface area contributed by atoms with Crippen LogP contribution in [0.1, 0.15) is 51.0 Å². The molecule has 2 atom stereocenters. The number of nitrogens with zero attached hydrogens (tertiary/aromatic N) is 3. The summed E-state index contributed by atoms with van der Waals surface area (Å²) >= 11 is 0. The van der Waals surface area contributed by atoms with E-state index in [1.54, 1.807) is 18.2 Å². The molecule has 1 N–H and O–H groups in total. The van der Waals surface area contributed by atoms with E-state index < -0.39 is 11.6 Å². The van der Waals surface area contributed by atoms with Crippen molar-refractivity contribution in [3.8, 4) is 5.75 Å². The molecule has 8 nitrogen and oxygen atoms in total. The number of amides is 2. The van der Waals surface area contributed by atoms with E-state index in [0.29, 0.717) is 31.1 Å². The van der Waals surface area contributed by atoms with E-state index in [-0.39, 0.29) is 17.9 Å². The monoisotopic (exact) mass is 428 g/mol. The molecule has 31 heavy (non-hydrogen) atoms. The highest BCUT2D eigenvalue weighted by molar-refractivity contribution is 5.81. The highest BCUT2D eigenvalue weighted by Crippen LogP contribution is 2.30. The van der Waals surface area contributed by atoms with Crippen LogP contribution in [0.2, 0.25) is 0 Å². The number of para-hydroxylation sites is 1. The fourth-order valence-electron chi connectivity index (χ4n) is 3.79. The zero-order valence-electron chi connectivity index (χ0n) is 18.9. The maximum Gasteiger partial charge on any atom is 0.410 e. The van der Waals surface area contributed by atoms with E-state index in [1.165, 1.54) is 0 Å². The van der Waals surface area contributed by atoms with Crippen LogP contribution < -0.4 is 10.1 Å². The van der Waals surface area contributed by atoms with Crippen molar-refractivity contribution in [2.24, 2.45) is 13.0 Å². The molecule has 3 rings (SSSR count). The number of ether oxygens (including phenoxy) is 2. The van der Waals surface area contributed by atoms with Crippen LogP contribution in [0, 0.1) is 5.92 Å². The van der Waals surface area contributed by atoms with Gasteiger partial charge in [0, 0.05) is 38.1 Å². The maximum atomic E-state index is 13.3. The van der Waals surface area contributed by atoms with Gasteiger partial charge < -0.3 is 24.3 Å². The number of aromatic nitrogens is 2. The summed E-state index contributed by atoms with van der Waals surface area (Å²) < 4.78 is 12.9. The minimum Gasteiger partial charge on any atom is -0.496 e. The number of carbonyl (C=O) groups is 2. The lowest BCUT2D eigenvalue weighted by Gasteiger charge is -2.34. The van der Waals surface area contributed by atoms with Gasteiger partial charge >= 0.3 is 6.09 Å². The molecular formula is C23H32N4O4. The van der Waals surface area contributed by atoms with Crippen LogP contribution in [0.25, 0.3) is 0 Å². The molecule has 1 saturated heterocycles. The topological polar surface area (TPSA) is 85.7 Å². The number of rotatable bonds is 5. The van der Waals surface area contributed by atoms with Gasteiger partial charge in [0.25, 0.3) is 0 Å². The smallest absolute Gasteiger partial charge is 0.410 e. The van der Waals surface area contributed by atoms with Crippen LogP contribution in [0.4, 0.5) is 4.79 Å². The van der Waals surface area contributed by atoms with Crippen molar-refractivity contribution in [2.75, 3.05) is 20.2 Å². The average molecular weight is 429 g/mol. The first kappa shape index (κ1) is 22.7. The van der Waals surface area contributed by atoms with Gasteiger partial charge in [-0.25, -0.2) is 9.78 Å². The summed E-state index contributed by atoms with van der Waals surface area (Å²) in [4.78, 5) is 31.8. The van der Waals surface area contributed by atoms with Gasteiger partial charge in [0.15, 0.2) is 0 Å². The lowest BCUT2D eigenvalue weighted by atomic mass is 9.96. The second-order valence-electron chi connectivity index (χ2n) is 8.85. The number of piperidine rings is 1. The normalized spacial score (nSPS) is 17.7. The second kappa shape index (κ2) is 9.41. The van der Waals surface area contributed by atoms with Crippen LogP contribution >= 0.6 is 0 Å². The first-order valence-corrected chi connectivity index (χ1v) is 10.6. The first-order valence-electron chi connectivity index (χ1n) is 10.6. The van der Waals surface area contributed by atoms with E-state index in [2.05, 4.69) is 10.3 Å². The number of nitrogens with one attached hydrogen (secondary N) is 1. The predicted octanol–water partition coefficient (Wildman–Crippen LogP) is 3.28. The Morgan fingerprint density at radius 1 is 1.26 bits per heavy atom. The number of methoxy groups -OCH3 is 1. The third-order valence-electron chi connectivity index (χ3n) is 5.30. The molecule has 168 valence electrons. The maximum absolute atomic E-state index is 13.3. The van der Waals surface area contributed by atoms with E-state index in [1.807, 2.05) is 62.8 Å². The van der Waals surface area contributed by atoms with Gasteiger partial charge in [0.05, 0.1) is 13.0 Å². The molecular weight excluding hydrogens is 396 g/mol. The van der Waals surface area contributed by atoms with Crippen LogP contribution in [-0.4, -0.2) is 52.3 Å². The summed E-state index contributed by atoms with van der Waals surface area (Å²) in [7, 11) is 3.50. The van der Waals surface area contributed by atoms with Gasteiger partial charge in [-0.05, 0) is 39.7 Å². The zero-order valence-corrected chi connectivity index (χ0v) is 18.9. The Morgan fingerprint density at radius 2 is 2.00 bits per heavy atom. The molecule has 0 unspecified atom stereocenters. The summed E-state index contributed by atoms with van der Waals surface area (Å²) in [6.45, 7) is 6.44. The Morgan fingerprint density at radius 3 is 2.65 bits per heavy atom. The van der Waals surface area contributed by atoms with Gasteiger partial charge in [-0.1, -0.05) is 18.2 Å². The molecule has 0 radical (unpaired) electrons. The first-order chi connectivity index (χ1) is 14.7. The van der Waals surface area contributed by atoms with Gasteiger partial charge in [-0.3, -0.25) is 4.79 Å². The third kappa shape index (κ3) is 5.57. The van der Waals surface area contributed by atoms with Crippen LogP contribution in [-0.2, 0) is 16.6 Å². The van der Waals surface area contributed by atoms with Gasteiger partial charge in [0.2, 0.25) is 5.91 Å². The Labute approximate surface area is 183 Å². The molecule has 1 aliphatic heterocycles. The Kier molecular flexibility index (Phi) is 6.87. The molecule has 8 heteroatoms. The van der Waals surface area contributed by atoms with E-state index >= 15 is 0 Å². The minimum atomic E-state index is -0.570. The summed E-state index contributed by atoms with van der Waals surface area (Å²) in [6, 6.07) is 7.11. The molecule has 0 bridgehead atoms. The summed E-state index contributed by atoms with van der Waals surface area (Å²) in [6.07, 6.45) is 4.63. The largest absolute Gasteiger partial charge is 0.496 e. The highest BCUT2D eigenvalue weighted by Gasteiger charge is 2.33. The number of benzene rings is 1. The van der Waals surface area contributed by atoms with Gasteiger partial charge in [0.1, 0.15) is 23.2 Å². The molecule has 2 aromatic rings. The number of imidazole rings is 1. The van der Waals surface area contributed by atoms with Crippen molar-refractivity contribution >= 4 is 12.0 Å². The SMILES string of the molecule is COc1ccccc1[C@H](NC(=O)[C@H]1CCCN(C(=O)OC(C)(C)C)C1)c1nccn1C. The number of carbonyl (C=O) groups excluding carboxylic acids is 2. The lowest BCUT2D eigenvalue weighted by molar-refractivity contribution is -0.127. The highest BCUT2D eigenvalue weighted by atomic mass is 16.6. The zero-order chi connectivity index (χ0) is 22.6. The fourth-order valence-corrected chi connectivity index (χ4v) is 3.79. The van der Waals surface area contributed by atoms with Gasteiger partial charge in [-0.15, -0.1) is 0 Å².